The number of aryl methyl sites for hydroxylation is 4. The second-order valence-electron chi connectivity index (χ2n) is 6.91. The van der Waals surface area contributed by atoms with Gasteiger partial charge in [0.15, 0.2) is 0 Å². The molecule has 0 aliphatic rings. The minimum Gasteiger partial charge on any atom is -0.321 e. The smallest absolute Gasteiger partial charge is 0.266 e. The quantitative estimate of drug-likeness (QED) is 0.356. The van der Waals surface area contributed by atoms with Crippen LogP contribution in [0, 0.1) is 39.0 Å². The average Bonchev–Trinajstić information content (AvgIpc) is 2.63. The lowest BCUT2D eigenvalue weighted by atomic mass is 10.0. The summed E-state index contributed by atoms with van der Waals surface area (Å²) >= 11 is 6.31. The van der Waals surface area contributed by atoms with E-state index < -0.39 is 5.91 Å². The first-order chi connectivity index (χ1) is 13.3. The van der Waals surface area contributed by atoms with Crippen LogP contribution in [0.5, 0.6) is 0 Å². The van der Waals surface area contributed by atoms with Crippen molar-refractivity contribution in [3.8, 4) is 6.07 Å². The fourth-order valence-electron chi connectivity index (χ4n) is 3.30. The Balaban J connectivity index is 1.99. The molecule has 1 amide bonds. The fraction of sp³-hybridized carbons (Fsp3) is 0.174. The third-order valence-electron chi connectivity index (χ3n) is 4.61. The molecule has 0 radical (unpaired) electrons. The van der Waals surface area contributed by atoms with Gasteiger partial charge in [0.25, 0.3) is 5.91 Å². The van der Waals surface area contributed by atoms with Gasteiger partial charge < -0.3 is 5.32 Å². The topological polar surface area (TPSA) is 65.8 Å². The Hall–Kier alpha value is -3.16. The van der Waals surface area contributed by atoms with Crippen molar-refractivity contribution in [1.29, 1.82) is 5.26 Å². The van der Waals surface area contributed by atoms with E-state index in [0.29, 0.717) is 5.56 Å². The summed E-state index contributed by atoms with van der Waals surface area (Å²) in [5.41, 5.74) is 6.05. The Morgan fingerprint density at radius 2 is 1.79 bits per heavy atom. The standard InChI is InChI=1S/C23H20ClN3O/c1-13-8-15(3)20(16(4)9-13)27-23(28)19(12-25)11-18-10-17-7-5-6-14(2)21(17)26-22(18)24/h5-11H,1-4H3,(H,27,28)/b19-11+. The van der Waals surface area contributed by atoms with Crippen molar-refractivity contribution >= 4 is 40.2 Å². The van der Waals surface area contributed by atoms with Crippen LogP contribution in [0.3, 0.4) is 0 Å². The van der Waals surface area contributed by atoms with E-state index in [-0.39, 0.29) is 10.7 Å². The molecule has 2 aromatic carbocycles. The molecule has 0 saturated carbocycles. The molecule has 5 heteroatoms. The van der Waals surface area contributed by atoms with Gasteiger partial charge in [-0.25, -0.2) is 4.98 Å². The lowest BCUT2D eigenvalue weighted by molar-refractivity contribution is -0.112. The van der Waals surface area contributed by atoms with Crippen LogP contribution in [0.2, 0.25) is 5.15 Å². The molecule has 0 aliphatic carbocycles. The van der Waals surface area contributed by atoms with E-state index >= 15 is 0 Å². The minimum atomic E-state index is -0.474. The number of nitriles is 1. The van der Waals surface area contributed by atoms with Crippen LogP contribution in [-0.2, 0) is 4.79 Å². The molecule has 0 fully saturated rings. The number of aromatic nitrogens is 1. The number of benzene rings is 2. The number of anilines is 1. The largest absolute Gasteiger partial charge is 0.321 e. The molecule has 0 atom stereocenters. The van der Waals surface area contributed by atoms with Crippen molar-refractivity contribution in [2.75, 3.05) is 5.32 Å². The van der Waals surface area contributed by atoms with Gasteiger partial charge in [-0.1, -0.05) is 47.5 Å². The SMILES string of the molecule is Cc1cc(C)c(NC(=O)/C(C#N)=C/c2cc3cccc(C)c3nc2Cl)c(C)c1. The summed E-state index contributed by atoms with van der Waals surface area (Å²) in [5, 5.41) is 13.5. The Labute approximate surface area is 169 Å². The number of pyridine rings is 1. The van der Waals surface area contributed by atoms with E-state index in [1.54, 1.807) is 0 Å². The van der Waals surface area contributed by atoms with Crippen molar-refractivity contribution in [2.24, 2.45) is 0 Å². The Morgan fingerprint density at radius 1 is 1.11 bits per heavy atom. The van der Waals surface area contributed by atoms with Gasteiger partial charge >= 0.3 is 0 Å². The first kappa shape index (κ1) is 19.6. The molecule has 0 bridgehead atoms. The van der Waals surface area contributed by atoms with Crippen LogP contribution in [0.1, 0.15) is 27.8 Å². The monoisotopic (exact) mass is 389 g/mol. The summed E-state index contributed by atoms with van der Waals surface area (Å²) in [5.74, 6) is -0.474. The fourth-order valence-corrected chi connectivity index (χ4v) is 3.50. The molecular formula is C23H20ClN3O. The maximum atomic E-state index is 12.7. The third kappa shape index (κ3) is 3.90. The second-order valence-corrected chi connectivity index (χ2v) is 7.27. The van der Waals surface area contributed by atoms with E-state index in [2.05, 4.69) is 10.3 Å². The number of hydrogen-bond donors (Lipinski definition) is 1. The van der Waals surface area contributed by atoms with Crippen molar-refractivity contribution in [3.63, 3.8) is 0 Å². The highest BCUT2D eigenvalue weighted by molar-refractivity contribution is 6.31. The lowest BCUT2D eigenvalue weighted by Gasteiger charge is -2.12. The normalized spacial score (nSPS) is 11.4. The Kier molecular flexibility index (Phi) is 5.48. The zero-order valence-corrected chi connectivity index (χ0v) is 17.0. The summed E-state index contributed by atoms with van der Waals surface area (Å²) in [6.45, 7) is 7.82. The molecule has 1 heterocycles. The number of fused-ring (bicyclic) bond motifs is 1. The molecule has 1 N–H and O–H groups in total. The van der Waals surface area contributed by atoms with Crippen LogP contribution in [0.4, 0.5) is 5.69 Å². The number of carbonyl (C=O) groups excluding carboxylic acids is 1. The van der Waals surface area contributed by atoms with E-state index in [1.165, 1.54) is 6.08 Å². The zero-order valence-electron chi connectivity index (χ0n) is 16.2. The van der Waals surface area contributed by atoms with Crippen LogP contribution in [0.25, 0.3) is 17.0 Å². The highest BCUT2D eigenvalue weighted by atomic mass is 35.5. The van der Waals surface area contributed by atoms with Gasteiger partial charge in [-0.3, -0.25) is 4.79 Å². The predicted octanol–water partition coefficient (Wildman–Crippen LogP) is 5.67. The van der Waals surface area contributed by atoms with Gasteiger partial charge in [0.2, 0.25) is 0 Å². The van der Waals surface area contributed by atoms with E-state index in [1.807, 2.05) is 70.2 Å². The highest BCUT2D eigenvalue weighted by Gasteiger charge is 2.14. The van der Waals surface area contributed by atoms with Gasteiger partial charge in [-0.05, 0) is 56.5 Å². The summed E-state index contributed by atoms with van der Waals surface area (Å²) in [6, 6.07) is 13.6. The number of para-hydroxylation sites is 1. The van der Waals surface area contributed by atoms with Crippen LogP contribution < -0.4 is 5.32 Å². The minimum absolute atomic E-state index is 0.0323. The van der Waals surface area contributed by atoms with Crippen LogP contribution in [0.15, 0.2) is 42.0 Å². The first-order valence-electron chi connectivity index (χ1n) is 8.87. The van der Waals surface area contributed by atoms with E-state index in [4.69, 9.17) is 11.6 Å². The van der Waals surface area contributed by atoms with Crippen LogP contribution in [-0.4, -0.2) is 10.9 Å². The summed E-state index contributed by atoms with van der Waals surface area (Å²) in [6.07, 6.45) is 1.48. The van der Waals surface area contributed by atoms with Crippen molar-refractivity contribution < 1.29 is 4.79 Å². The number of amides is 1. The Bertz CT molecular complexity index is 1150. The third-order valence-corrected chi connectivity index (χ3v) is 4.91. The number of rotatable bonds is 3. The molecule has 4 nitrogen and oxygen atoms in total. The molecule has 0 saturated heterocycles. The number of halogens is 1. The predicted molar refractivity (Wildman–Crippen MR) is 114 cm³/mol. The van der Waals surface area contributed by atoms with Gasteiger partial charge in [0.05, 0.1) is 5.52 Å². The lowest BCUT2D eigenvalue weighted by Crippen LogP contribution is -2.15. The number of carbonyl (C=O) groups is 1. The van der Waals surface area contributed by atoms with Gasteiger partial charge in [0.1, 0.15) is 16.8 Å². The molecule has 1 aromatic heterocycles. The van der Waals surface area contributed by atoms with Gasteiger partial charge in [0, 0.05) is 16.6 Å². The zero-order chi connectivity index (χ0) is 20.4. The summed E-state index contributed by atoms with van der Waals surface area (Å²) < 4.78 is 0. The molecule has 0 spiro atoms. The molecule has 0 unspecified atom stereocenters. The number of nitrogens with one attached hydrogen (secondary N) is 1. The molecule has 3 aromatic rings. The molecule has 0 aliphatic heterocycles. The second kappa shape index (κ2) is 7.84. The highest BCUT2D eigenvalue weighted by Crippen LogP contribution is 2.26. The van der Waals surface area contributed by atoms with E-state index in [9.17, 15) is 10.1 Å². The first-order valence-corrected chi connectivity index (χ1v) is 9.25. The molecule has 28 heavy (non-hydrogen) atoms. The van der Waals surface area contributed by atoms with Crippen LogP contribution >= 0.6 is 11.6 Å². The number of nitrogens with zero attached hydrogens (tertiary/aromatic N) is 2. The maximum absolute atomic E-state index is 12.7. The van der Waals surface area contributed by atoms with Gasteiger partial charge in [-0.15, -0.1) is 0 Å². The van der Waals surface area contributed by atoms with E-state index in [0.717, 1.165) is 38.8 Å². The van der Waals surface area contributed by atoms with Gasteiger partial charge in [-0.2, -0.15) is 5.26 Å². The molecule has 3 rings (SSSR count). The molecule has 140 valence electrons. The maximum Gasteiger partial charge on any atom is 0.266 e. The van der Waals surface area contributed by atoms with Crippen molar-refractivity contribution in [3.05, 3.63) is 74.9 Å². The number of hydrogen-bond acceptors (Lipinski definition) is 3. The molecular weight excluding hydrogens is 370 g/mol. The average molecular weight is 390 g/mol. The van der Waals surface area contributed by atoms with Crippen molar-refractivity contribution in [2.45, 2.75) is 27.7 Å². The summed E-state index contributed by atoms with van der Waals surface area (Å²) in [4.78, 5) is 17.1. The summed E-state index contributed by atoms with van der Waals surface area (Å²) in [7, 11) is 0. The van der Waals surface area contributed by atoms with Crippen molar-refractivity contribution in [1.82, 2.24) is 4.98 Å². The Morgan fingerprint density at radius 3 is 2.43 bits per heavy atom.